The fraction of sp³-hybridized carbons (Fsp3) is 0.636. The highest BCUT2D eigenvalue weighted by molar-refractivity contribution is 5.66. The van der Waals surface area contributed by atoms with Crippen molar-refractivity contribution in [3.05, 3.63) is 17.2 Å². The van der Waals surface area contributed by atoms with Gasteiger partial charge in [-0.15, -0.1) is 0 Å². The molecule has 0 unspecified atom stereocenters. The minimum atomic E-state index is -0.771. The fourth-order valence-corrected chi connectivity index (χ4v) is 1.61. The van der Waals surface area contributed by atoms with Crippen molar-refractivity contribution in [3.63, 3.8) is 0 Å². The van der Waals surface area contributed by atoms with Gasteiger partial charge in [0.05, 0.1) is 12.1 Å². The van der Waals surface area contributed by atoms with Crippen LogP contribution in [0.1, 0.15) is 37.0 Å². The van der Waals surface area contributed by atoms with E-state index >= 15 is 0 Å². The van der Waals surface area contributed by atoms with Crippen LogP contribution in [0, 0.1) is 6.92 Å². The molecule has 0 spiro atoms. The molecule has 1 N–H and O–H groups in total. The van der Waals surface area contributed by atoms with E-state index in [2.05, 4.69) is 11.9 Å². The predicted octanol–water partition coefficient (Wildman–Crippen LogP) is 1.70. The summed E-state index contributed by atoms with van der Waals surface area (Å²) < 4.78 is 1.99. The maximum atomic E-state index is 10.5. The number of aliphatic carboxylic acids is 1. The highest BCUT2D eigenvalue weighted by Crippen LogP contribution is 2.12. The van der Waals surface area contributed by atoms with Crippen molar-refractivity contribution >= 4 is 5.97 Å². The van der Waals surface area contributed by atoms with Gasteiger partial charge in [0.1, 0.15) is 5.82 Å². The van der Waals surface area contributed by atoms with E-state index in [1.54, 1.807) is 0 Å². The van der Waals surface area contributed by atoms with Crippen molar-refractivity contribution in [2.24, 2.45) is 7.05 Å². The Morgan fingerprint density at radius 2 is 2.13 bits per heavy atom. The molecule has 0 amide bonds. The van der Waals surface area contributed by atoms with E-state index in [9.17, 15) is 4.79 Å². The van der Waals surface area contributed by atoms with Crippen molar-refractivity contribution in [3.8, 4) is 0 Å². The molecular weight excluding hydrogens is 192 g/mol. The van der Waals surface area contributed by atoms with Crippen LogP contribution in [0.2, 0.25) is 0 Å². The molecule has 84 valence electrons. The van der Waals surface area contributed by atoms with Gasteiger partial charge in [0.15, 0.2) is 0 Å². The smallest absolute Gasteiger partial charge is 0.303 e. The first-order valence-electron chi connectivity index (χ1n) is 5.29. The van der Waals surface area contributed by atoms with Gasteiger partial charge in [0.25, 0.3) is 0 Å². The van der Waals surface area contributed by atoms with E-state index in [1.807, 2.05) is 18.5 Å². The lowest BCUT2D eigenvalue weighted by Crippen LogP contribution is -2.03. The summed E-state index contributed by atoms with van der Waals surface area (Å²) in [5.74, 6) is 0.103. The molecule has 15 heavy (non-hydrogen) atoms. The molecule has 1 rings (SSSR count). The molecule has 0 aliphatic carbocycles. The molecule has 1 heterocycles. The number of rotatable bonds is 5. The summed E-state index contributed by atoms with van der Waals surface area (Å²) in [5.41, 5.74) is 2.25. The van der Waals surface area contributed by atoms with Crippen molar-refractivity contribution in [2.45, 2.75) is 39.5 Å². The van der Waals surface area contributed by atoms with Crippen molar-refractivity contribution < 1.29 is 9.90 Å². The molecule has 0 aliphatic rings. The Morgan fingerprint density at radius 3 is 2.67 bits per heavy atom. The molecule has 0 fully saturated rings. The largest absolute Gasteiger partial charge is 0.481 e. The van der Waals surface area contributed by atoms with Crippen LogP contribution in [-0.2, 0) is 24.7 Å². The van der Waals surface area contributed by atoms with E-state index in [4.69, 9.17) is 5.11 Å². The SMILES string of the molecule is CCCc1nc(CCC(=O)O)n(C)c1C. The van der Waals surface area contributed by atoms with E-state index in [0.717, 1.165) is 30.1 Å². The lowest BCUT2D eigenvalue weighted by molar-refractivity contribution is -0.137. The lowest BCUT2D eigenvalue weighted by atomic mass is 10.2. The maximum Gasteiger partial charge on any atom is 0.303 e. The Labute approximate surface area is 89.9 Å². The van der Waals surface area contributed by atoms with Gasteiger partial charge < -0.3 is 9.67 Å². The van der Waals surface area contributed by atoms with Crippen LogP contribution < -0.4 is 0 Å². The molecular formula is C11H18N2O2. The minimum Gasteiger partial charge on any atom is -0.481 e. The number of carboxylic acids is 1. The minimum absolute atomic E-state index is 0.149. The molecule has 4 heteroatoms. The summed E-state index contributed by atoms with van der Waals surface area (Å²) >= 11 is 0. The topological polar surface area (TPSA) is 55.1 Å². The van der Waals surface area contributed by atoms with Crippen molar-refractivity contribution in [2.75, 3.05) is 0 Å². The molecule has 0 aliphatic heterocycles. The number of carboxylic acid groups (broad SMARTS) is 1. The zero-order chi connectivity index (χ0) is 11.4. The second-order valence-corrected chi connectivity index (χ2v) is 3.76. The third-order valence-corrected chi connectivity index (χ3v) is 2.62. The quantitative estimate of drug-likeness (QED) is 0.804. The molecule has 0 atom stereocenters. The number of imidazole rings is 1. The molecule has 0 aromatic carbocycles. The summed E-state index contributed by atoms with van der Waals surface area (Å²) in [7, 11) is 1.94. The first-order chi connectivity index (χ1) is 7.06. The van der Waals surface area contributed by atoms with E-state index in [-0.39, 0.29) is 6.42 Å². The van der Waals surface area contributed by atoms with Gasteiger partial charge in [0.2, 0.25) is 0 Å². The summed E-state index contributed by atoms with van der Waals surface area (Å²) in [6.45, 7) is 4.15. The molecule has 4 nitrogen and oxygen atoms in total. The van der Waals surface area contributed by atoms with Gasteiger partial charge in [-0.3, -0.25) is 4.79 Å². The number of carbonyl (C=O) groups is 1. The Balaban J connectivity index is 2.80. The average Bonchev–Trinajstić information content (AvgIpc) is 2.44. The van der Waals surface area contributed by atoms with Crippen LogP contribution in [0.3, 0.4) is 0 Å². The normalized spacial score (nSPS) is 10.6. The summed E-state index contributed by atoms with van der Waals surface area (Å²) in [4.78, 5) is 14.9. The highest BCUT2D eigenvalue weighted by atomic mass is 16.4. The monoisotopic (exact) mass is 210 g/mol. The van der Waals surface area contributed by atoms with E-state index in [0.29, 0.717) is 6.42 Å². The zero-order valence-electron chi connectivity index (χ0n) is 9.58. The third-order valence-electron chi connectivity index (χ3n) is 2.62. The number of hydrogen-bond donors (Lipinski definition) is 1. The van der Waals surface area contributed by atoms with Crippen LogP contribution in [0.5, 0.6) is 0 Å². The van der Waals surface area contributed by atoms with Gasteiger partial charge in [-0.2, -0.15) is 0 Å². The molecule has 1 aromatic heterocycles. The molecule has 1 aromatic rings. The Morgan fingerprint density at radius 1 is 1.47 bits per heavy atom. The maximum absolute atomic E-state index is 10.5. The first kappa shape index (κ1) is 11.8. The zero-order valence-corrected chi connectivity index (χ0v) is 9.58. The average molecular weight is 210 g/mol. The summed E-state index contributed by atoms with van der Waals surface area (Å²) in [5, 5.41) is 8.61. The van der Waals surface area contributed by atoms with Crippen molar-refractivity contribution in [1.82, 2.24) is 9.55 Å². The van der Waals surface area contributed by atoms with Crippen LogP contribution >= 0.6 is 0 Å². The molecule has 0 bridgehead atoms. The number of nitrogens with zero attached hydrogens (tertiary/aromatic N) is 2. The van der Waals surface area contributed by atoms with Gasteiger partial charge in [0, 0.05) is 19.2 Å². The standard InChI is InChI=1S/C11H18N2O2/c1-4-5-9-8(2)13(3)10(12-9)6-7-11(14)15/h4-7H2,1-3H3,(H,14,15). The van der Waals surface area contributed by atoms with Crippen molar-refractivity contribution in [1.29, 1.82) is 0 Å². The molecule has 0 radical (unpaired) electrons. The summed E-state index contributed by atoms with van der Waals surface area (Å²) in [6, 6.07) is 0. The van der Waals surface area contributed by atoms with Crippen LogP contribution in [0.25, 0.3) is 0 Å². The van der Waals surface area contributed by atoms with E-state index < -0.39 is 5.97 Å². The Kier molecular flexibility index (Phi) is 3.88. The molecule has 0 saturated heterocycles. The van der Waals surface area contributed by atoms with Gasteiger partial charge in [-0.05, 0) is 13.3 Å². The number of aryl methyl sites for hydroxylation is 2. The second-order valence-electron chi connectivity index (χ2n) is 3.76. The first-order valence-corrected chi connectivity index (χ1v) is 5.29. The van der Waals surface area contributed by atoms with E-state index in [1.165, 1.54) is 0 Å². The van der Waals surface area contributed by atoms with Crippen LogP contribution in [0.15, 0.2) is 0 Å². The second kappa shape index (κ2) is 4.96. The summed E-state index contributed by atoms with van der Waals surface area (Å²) in [6.07, 6.45) is 2.69. The van der Waals surface area contributed by atoms with Gasteiger partial charge in [-0.1, -0.05) is 13.3 Å². The van der Waals surface area contributed by atoms with Gasteiger partial charge in [-0.25, -0.2) is 4.98 Å². The fourth-order valence-electron chi connectivity index (χ4n) is 1.61. The van der Waals surface area contributed by atoms with Gasteiger partial charge >= 0.3 is 5.97 Å². The Hall–Kier alpha value is -1.32. The predicted molar refractivity (Wildman–Crippen MR) is 57.9 cm³/mol. The van der Waals surface area contributed by atoms with Crippen LogP contribution in [0.4, 0.5) is 0 Å². The van der Waals surface area contributed by atoms with Crippen LogP contribution in [-0.4, -0.2) is 20.6 Å². The Bertz CT molecular complexity index is 356. The third kappa shape index (κ3) is 2.81. The number of aromatic nitrogens is 2. The number of hydrogen-bond acceptors (Lipinski definition) is 2. The lowest BCUT2D eigenvalue weighted by Gasteiger charge is -2.00. The highest BCUT2D eigenvalue weighted by Gasteiger charge is 2.11. The molecule has 0 saturated carbocycles.